The summed E-state index contributed by atoms with van der Waals surface area (Å²) >= 11 is 0. The van der Waals surface area contributed by atoms with Gasteiger partial charge in [0.2, 0.25) is 0 Å². The molecule has 2 aliphatic rings. The summed E-state index contributed by atoms with van der Waals surface area (Å²) in [6.07, 6.45) is 2.84. The van der Waals surface area contributed by atoms with Gasteiger partial charge in [0, 0.05) is 6.54 Å². The van der Waals surface area contributed by atoms with Gasteiger partial charge < -0.3 is 4.90 Å². The molecule has 0 aromatic carbocycles. The minimum Gasteiger partial charge on any atom is -0.311 e. The Hall–Kier alpha value is -1.06. The van der Waals surface area contributed by atoms with E-state index in [2.05, 4.69) is 5.32 Å². The standard InChI is InChI=1S/C7H9N2O2/c10-6-5-3-1-2-4-9(5)7(11)8-6/h5H,1-4H2. The lowest BCUT2D eigenvalue weighted by atomic mass is 10.0. The van der Waals surface area contributed by atoms with Crippen molar-refractivity contribution < 1.29 is 9.59 Å². The summed E-state index contributed by atoms with van der Waals surface area (Å²) in [4.78, 5) is 23.5. The van der Waals surface area contributed by atoms with Crippen molar-refractivity contribution in [1.29, 1.82) is 0 Å². The zero-order valence-electron chi connectivity index (χ0n) is 6.12. The molecule has 1 unspecified atom stereocenters. The lowest BCUT2D eigenvalue weighted by Gasteiger charge is -2.25. The van der Waals surface area contributed by atoms with Gasteiger partial charge in [-0.2, -0.15) is 5.32 Å². The van der Waals surface area contributed by atoms with Gasteiger partial charge in [-0.25, -0.2) is 4.79 Å². The number of hydrogen-bond acceptors (Lipinski definition) is 2. The quantitative estimate of drug-likeness (QED) is 0.463. The second-order valence-electron chi connectivity index (χ2n) is 2.94. The maximum absolute atomic E-state index is 11.0. The summed E-state index contributed by atoms with van der Waals surface area (Å²) in [5.74, 6) is -0.241. The van der Waals surface area contributed by atoms with Crippen molar-refractivity contribution >= 4 is 11.9 Å². The van der Waals surface area contributed by atoms with E-state index in [0.29, 0.717) is 6.54 Å². The lowest BCUT2D eigenvalue weighted by Crippen LogP contribution is -2.38. The topological polar surface area (TPSA) is 51.5 Å². The van der Waals surface area contributed by atoms with E-state index in [0.717, 1.165) is 19.3 Å². The third-order valence-corrected chi connectivity index (χ3v) is 2.24. The highest BCUT2D eigenvalue weighted by atomic mass is 16.2. The fourth-order valence-electron chi connectivity index (χ4n) is 1.65. The molecule has 0 aromatic heterocycles. The Labute approximate surface area is 64.5 Å². The smallest absolute Gasteiger partial charge is 0.311 e. The minimum atomic E-state index is -0.334. The van der Waals surface area contributed by atoms with Crippen LogP contribution in [0.4, 0.5) is 4.79 Å². The van der Waals surface area contributed by atoms with Crippen LogP contribution in [0.25, 0.3) is 0 Å². The van der Waals surface area contributed by atoms with Crippen molar-refractivity contribution in [2.24, 2.45) is 0 Å². The fraction of sp³-hybridized carbons (Fsp3) is 0.714. The number of fused-ring (bicyclic) bond motifs is 1. The van der Waals surface area contributed by atoms with E-state index in [1.165, 1.54) is 0 Å². The highest BCUT2D eigenvalue weighted by Crippen LogP contribution is 2.21. The predicted octanol–water partition coefficient (Wildman–Crippen LogP) is 0.105. The number of rotatable bonds is 0. The largest absolute Gasteiger partial charge is 0.347 e. The van der Waals surface area contributed by atoms with Crippen LogP contribution in [-0.2, 0) is 4.79 Å². The molecule has 2 saturated heterocycles. The van der Waals surface area contributed by atoms with Gasteiger partial charge in [0.1, 0.15) is 6.04 Å². The number of imide groups is 1. The summed E-state index contributed by atoms with van der Waals surface area (Å²) in [6.45, 7) is 0.707. The number of amides is 3. The molecule has 4 heteroatoms. The third-order valence-electron chi connectivity index (χ3n) is 2.24. The number of carbonyl (C=O) groups is 2. The Bertz CT molecular complexity index is 192. The van der Waals surface area contributed by atoms with Crippen LogP contribution in [0.1, 0.15) is 19.3 Å². The molecule has 4 nitrogen and oxygen atoms in total. The molecule has 11 heavy (non-hydrogen) atoms. The molecule has 2 heterocycles. The fourth-order valence-corrected chi connectivity index (χ4v) is 1.65. The van der Waals surface area contributed by atoms with E-state index in [9.17, 15) is 9.59 Å². The molecule has 59 valence electrons. The van der Waals surface area contributed by atoms with Gasteiger partial charge in [-0.15, -0.1) is 0 Å². The Morgan fingerprint density at radius 1 is 1.36 bits per heavy atom. The van der Waals surface area contributed by atoms with E-state index in [1.54, 1.807) is 4.90 Å². The number of hydrogen-bond donors (Lipinski definition) is 0. The molecule has 0 aliphatic carbocycles. The number of piperidine rings is 1. The van der Waals surface area contributed by atoms with Crippen molar-refractivity contribution in [3.05, 3.63) is 0 Å². The van der Waals surface area contributed by atoms with E-state index >= 15 is 0 Å². The number of nitrogens with zero attached hydrogens (tertiary/aromatic N) is 2. The van der Waals surface area contributed by atoms with Gasteiger partial charge in [0.25, 0.3) is 5.91 Å². The second-order valence-corrected chi connectivity index (χ2v) is 2.94. The maximum Gasteiger partial charge on any atom is 0.347 e. The van der Waals surface area contributed by atoms with Crippen molar-refractivity contribution in [1.82, 2.24) is 10.2 Å². The predicted molar refractivity (Wildman–Crippen MR) is 36.9 cm³/mol. The van der Waals surface area contributed by atoms with Crippen LogP contribution in [0.3, 0.4) is 0 Å². The average Bonchev–Trinajstić information content (AvgIpc) is 2.30. The molecule has 3 amide bonds. The molecule has 1 radical (unpaired) electrons. The van der Waals surface area contributed by atoms with Crippen molar-refractivity contribution in [3.8, 4) is 0 Å². The molecular formula is C7H9N2O2. The molecule has 2 fully saturated rings. The Balaban J connectivity index is 2.19. The van der Waals surface area contributed by atoms with Crippen LogP contribution < -0.4 is 5.32 Å². The monoisotopic (exact) mass is 153 g/mol. The first-order valence-corrected chi connectivity index (χ1v) is 3.85. The first-order valence-electron chi connectivity index (χ1n) is 3.85. The van der Waals surface area contributed by atoms with Crippen molar-refractivity contribution in [2.75, 3.05) is 6.54 Å². The molecule has 0 bridgehead atoms. The second kappa shape index (κ2) is 2.22. The molecule has 2 rings (SSSR count). The molecule has 0 spiro atoms. The zero-order valence-corrected chi connectivity index (χ0v) is 6.12. The van der Waals surface area contributed by atoms with E-state index in [4.69, 9.17) is 0 Å². The van der Waals surface area contributed by atoms with Gasteiger partial charge in [-0.05, 0) is 19.3 Å². The number of urea groups is 1. The van der Waals surface area contributed by atoms with Crippen LogP contribution in [0.15, 0.2) is 0 Å². The first-order chi connectivity index (χ1) is 5.29. The first kappa shape index (κ1) is 6.64. The lowest BCUT2D eigenvalue weighted by molar-refractivity contribution is -0.122. The van der Waals surface area contributed by atoms with Crippen LogP contribution >= 0.6 is 0 Å². The zero-order chi connectivity index (χ0) is 7.84. The van der Waals surface area contributed by atoms with Gasteiger partial charge in [0.15, 0.2) is 0 Å². The summed E-state index contributed by atoms with van der Waals surface area (Å²) in [6, 6.07) is -0.545. The summed E-state index contributed by atoms with van der Waals surface area (Å²) in [7, 11) is 0. The van der Waals surface area contributed by atoms with Crippen LogP contribution in [0.5, 0.6) is 0 Å². The molecule has 0 saturated carbocycles. The summed E-state index contributed by atoms with van der Waals surface area (Å²) < 4.78 is 0. The van der Waals surface area contributed by atoms with E-state index < -0.39 is 0 Å². The van der Waals surface area contributed by atoms with Gasteiger partial charge in [-0.1, -0.05) is 0 Å². The maximum atomic E-state index is 11.0. The minimum absolute atomic E-state index is 0.212. The normalized spacial score (nSPS) is 30.2. The highest BCUT2D eigenvalue weighted by molar-refractivity contribution is 6.03. The highest BCUT2D eigenvalue weighted by Gasteiger charge is 2.40. The SMILES string of the molecule is O=C1[N]C(=O)N2CCCCC12. The van der Waals surface area contributed by atoms with Gasteiger partial charge >= 0.3 is 6.03 Å². The van der Waals surface area contributed by atoms with Gasteiger partial charge in [-0.3, -0.25) is 4.79 Å². The van der Waals surface area contributed by atoms with E-state index in [-0.39, 0.29) is 18.0 Å². The van der Waals surface area contributed by atoms with Crippen LogP contribution in [0.2, 0.25) is 0 Å². The summed E-state index contributed by atoms with van der Waals surface area (Å²) in [5, 5.41) is 3.38. The van der Waals surface area contributed by atoms with Crippen molar-refractivity contribution in [2.45, 2.75) is 25.3 Å². The van der Waals surface area contributed by atoms with Crippen LogP contribution in [-0.4, -0.2) is 29.4 Å². The summed E-state index contributed by atoms with van der Waals surface area (Å²) in [5.41, 5.74) is 0. The Kier molecular flexibility index (Phi) is 1.34. The third kappa shape index (κ3) is 0.895. The van der Waals surface area contributed by atoms with E-state index in [1.807, 2.05) is 0 Å². The molecular weight excluding hydrogens is 144 g/mol. The molecule has 0 N–H and O–H groups in total. The molecule has 2 aliphatic heterocycles. The Morgan fingerprint density at radius 3 is 2.91 bits per heavy atom. The average molecular weight is 153 g/mol. The van der Waals surface area contributed by atoms with Crippen LogP contribution in [0, 0.1) is 0 Å². The molecule has 1 atom stereocenters. The van der Waals surface area contributed by atoms with Gasteiger partial charge in [0.05, 0.1) is 0 Å². The van der Waals surface area contributed by atoms with Crippen molar-refractivity contribution in [3.63, 3.8) is 0 Å². The Morgan fingerprint density at radius 2 is 2.18 bits per heavy atom. The number of carbonyl (C=O) groups excluding carboxylic acids is 2. The molecule has 0 aromatic rings.